The molecule has 1 aromatic heterocycles. The molecule has 0 aliphatic carbocycles. The second kappa shape index (κ2) is 7.70. The number of rotatable bonds is 7. The van der Waals surface area contributed by atoms with Crippen LogP contribution in [0.15, 0.2) is 23.4 Å². The highest BCUT2D eigenvalue weighted by Crippen LogP contribution is 2.24. The van der Waals surface area contributed by atoms with E-state index in [0.29, 0.717) is 28.3 Å². The monoisotopic (exact) mass is 355 g/mol. The number of aryl methyl sites for hydroxylation is 1. The Morgan fingerprint density at radius 2 is 2.22 bits per heavy atom. The van der Waals surface area contributed by atoms with Crippen LogP contribution in [0.1, 0.15) is 25.2 Å². The molecule has 0 radical (unpaired) electrons. The molecule has 1 N–H and O–H groups in total. The summed E-state index contributed by atoms with van der Waals surface area (Å²) < 4.78 is 7.58. The molecule has 0 spiro atoms. The van der Waals surface area contributed by atoms with Crippen molar-refractivity contribution >= 4 is 29.3 Å². The van der Waals surface area contributed by atoms with Crippen molar-refractivity contribution in [3.63, 3.8) is 0 Å². The summed E-state index contributed by atoms with van der Waals surface area (Å²) in [6, 6.07) is 5.44. The van der Waals surface area contributed by atoms with Crippen molar-refractivity contribution in [3.8, 4) is 5.75 Å². The van der Waals surface area contributed by atoms with Gasteiger partial charge in [-0.25, -0.2) is 0 Å². The van der Waals surface area contributed by atoms with Crippen LogP contribution in [0.5, 0.6) is 5.75 Å². The van der Waals surface area contributed by atoms with Crippen LogP contribution >= 0.6 is 23.4 Å². The molecule has 8 heteroatoms. The van der Waals surface area contributed by atoms with E-state index in [0.717, 1.165) is 5.56 Å². The summed E-state index contributed by atoms with van der Waals surface area (Å²) in [4.78, 5) is 11.0. The number of aromatic nitrogens is 3. The molecule has 0 aliphatic heterocycles. The van der Waals surface area contributed by atoms with E-state index in [-0.39, 0.29) is 6.61 Å². The van der Waals surface area contributed by atoms with Gasteiger partial charge in [-0.1, -0.05) is 23.4 Å². The van der Waals surface area contributed by atoms with Gasteiger partial charge in [0.2, 0.25) is 0 Å². The zero-order chi connectivity index (χ0) is 17.0. The quantitative estimate of drug-likeness (QED) is 0.767. The Morgan fingerprint density at radius 3 is 2.83 bits per heavy atom. The number of carboxylic acid groups (broad SMARTS) is 1. The first-order valence-electron chi connectivity index (χ1n) is 7.12. The van der Waals surface area contributed by atoms with Crippen LogP contribution in [-0.2, 0) is 17.9 Å². The number of hydrogen-bond acceptors (Lipinski definition) is 5. The average molecular weight is 356 g/mol. The SMILES string of the molecule is CCn1c(COc2ccc(Cl)c(C)c2)nnc1SC(C)C(=O)O. The molecular formula is C15H18ClN3O3S. The van der Waals surface area contributed by atoms with Crippen molar-refractivity contribution in [2.24, 2.45) is 0 Å². The summed E-state index contributed by atoms with van der Waals surface area (Å²) in [5.41, 5.74) is 0.938. The highest BCUT2D eigenvalue weighted by atomic mass is 35.5. The average Bonchev–Trinajstić information content (AvgIpc) is 2.90. The summed E-state index contributed by atoms with van der Waals surface area (Å²) in [7, 11) is 0. The second-order valence-electron chi connectivity index (χ2n) is 4.94. The first-order valence-corrected chi connectivity index (χ1v) is 8.38. The first kappa shape index (κ1) is 17.6. The molecule has 1 heterocycles. The predicted octanol–water partition coefficient (Wildman–Crippen LogP) is 3.40. The lowest BCUT2D eigenvalue weighted by atomic mass is 10.2. The van der Waals surface area contributed by atoms with E-state index in [4.69, 9.17) is 21.4 Å². The highest BCUT2D eigenvalue weighted by molar-refractivity contribution is 8.00. The summed E-state index contributed by atoms with van der Waals surface area (Å²) in [5.74, 6) is 0.473. The maximum absolute atomic E-state index is 11.0. The molecule has 0 fully saturated rings. The summed E-state index contributed by atoms with van der Waals surface area (Å²) in [5, 5.41) is 17.8. The van der Waals surface area contributed by atoms with Gasteiger partial charge in [0.05, 0.1) is 0 Å². The number of aliphatic carboxylic acids is 1. The van der Waals surface area contributed by atoms with E-state index in [2.05, 4.69) is 10.2 Å². The van der Waals surface area contributed by atoms with Gasteiger partial charge >= 0.3 is 5.97 Å². The molecule has 1 atom stereocenters. The largest absolute Gasteiger partial charge is 0.486 e. The fourth-order valence-corrected chi connectivity index (χ4v) is 2.88. The van der Waals surface area contributed by atoms with Crippen LogP contribution in [0.3, 0.4) is 0 Å². The number of nitrogens with zero attached hydrogens (tertiary/aromatic N) is 3. The van der Waals surface area contributed by atoms with Gasteiger partial charge in [0, 0.05) is 11.6 Å². The van der Waals surface area contributed by atoms with E-state index in [1.54, 1.807) is 19.1 Å². The third kappa shape index (κ3) is 4.39. The molecule has 23 heavy (non-hydrogen) atoms. The smallest absolute Gasteiger partial charge is 0.316 e. The number of halogens is 1. The Kier molecular flexibility index (Phi) is 5.90. The molecule has 0 saturated heterocycles. The Balaban J connectivity index is 2.09. The summed E-state index contributed by atoms with van der Waals surface area (Å²) in [6.07, 6.45) is 0. The van der Waals surface area contributed by atoms with Crippen LogP contribution in [-0.4, -0.2) is 31.1 Å². The van der Waals surface area contributed by atoms with E-state index in [1.165, 1.54) is 11.8 Å². The van der Waals surface area contributed by atoms with Crippen molar-refractivity contribution in [3.05, 3.63) is 34.6 Å². The van der Waals surface area contributed by atoms with Crippen LogP contribution in [0.2, 0.25) is 5.02 Å². The molecule has 0 bridgehead atoms. The van der Waals surface area contributed by atoms with Crippen molar-refractivity contribution in [1.29, 1.82) is 0 Å². The van der Waals surface area contributed by atoms with Crippen LogP contribution in [0.25, 0.3) is 0 Å². The Hall–Kier alpha value is -1.73. The van der Waals surface area contributed by atoms with E-state index < -0.39 is 11.2 Å². The lowest BCUT2D eigenvalue weighted by Gasteiger charge is -2.10. The maximum atomic E-state index is 11.0. The molecule has 0 amide bonds. The third-order valence-electron chi connectivity index (χ3n) is 3.24. The van der Waals surface area contributed by atoms with Gasteiger partial charge in [0.25, 0.3) is 0 Å². The van der Waals surface area contributed by atoms with Crippen molar-refractivity contribution in [1.82, 2.24) is 14.8 Å². The molecule has 6 nitrogen and oxygen atoms in total. The summed E-state index contributed by atoms with van der Waals surface area (Å²) >= 11 is 7.16. The molecule has 1 unspecified atom stereocenters. The van der Waals surface area contributed by atoms with Crippen LogP contribution in [0, 0.1) is 6.92 Å². The standard InChI is InChI=1S/C15H18ClN3O3S/c1-4-19-13(17-18-15(19)23-10(3)14(20)21)8-22-11-5-6-12(16)9(2)7-11/h5-7,10H,4,8H2,1-3H3,(H,20,21). The predicted molar refractivity (Wildman–Crippen MR) is 89.2 cm³/mol. The number of carbonyl (C=O) groups is 1. The molecule has 2 aromatic rings. The van der Waals surface area contributed by atoms with Gasteiger partial charge < -0.3 is 14.4 Å². The van der Waals surface area contributed by atoms with E-state index in [1.807, 2.05) is 24.5 Å². The Bertz CT molecular complexity index is 705. The number of hydrogen-bond donors (Lipinski definition) is 1. The van der Waals surface area contributed by atoms with Gasteiger partial charge in [0.15, 0.2) is 11.0 Å². The van der Waals surface area contributed by atoms with Gasteiger partial charge in [0.1, 0.15) is 17.6 Å². The topological polar surface area (TPSA) is 77.2 Å². The van der Waals surface area contributed by atoms with E-state index in [9.17, 15) is 4.79 Å². The fraction of sp³-hybridized carbons (Fsp3) is 0.400. The first-order chi connectivity index (χ1) is 10.9. The zero-order valence-electron chi connectivity index (χ0n) is 13.1. The number of thioether (sulfide) groups is 1. The Labute approximate surface area is 143 Å². The number of benzene rings is 1. The van der Waals surface area contributed by atoms with Gasteiger partial charge in [-0.2, -0.15) is 0 Å². The van der Waals surface area contributed by atoms with Crippen molar-refractivity contribution < 1.29 is 14.6 Å². The Morgan fingerprint density at radius 1 is 1.48 bits per heavy atom. The second-order valence-corrected chi connectivity index (χ2v) is 6.66. The van der Waals surface area contributed by atoms with Gasteiger partial charge in [-0.15, -0.1) is 10.2 Å². The number of carboxylic acids is 1. The van der Waals surface area contributed by atoms with Crippen molar-refractivity contribution in [2.75, 3.05) is 0 Å². The zero-order valence-corrected chi connectivity index (χ0v) is 14.7. The molecular weight excluding hydrogens is 338 g/mol. The highest BCUT2D eigenvalue weighted by Gasteiger charge is 2.19. The minimum atomic E-state index is -0.880. The minimum Gasteiger partial charge on any atom is -0.486 e. The van der Waals surface area contributed by atoms with Crippen LogP contribution in [0.4, 0.5) is 0 Å². The molecule has 2 rings (SSSR count). The minimum absolute atomic E-state index is 0.254. The molecule has 1 aromatic carbocycles. The number of ether oxygens (including phenoxy) is 1. The van der Waals surface area contributed by atoms with Gasteiger partial charge in [-0.05, 0) is 44.5 Å². The third-order valence-corrected chi connectivity index (χ3v) is 4.73. The molecule has 0 aliphatic rings. The molecule has 0 saturated carbocycles. The van der Waals surface area contributed by atoms with Gasteiger partial charge in [-0.3, -0.25) is 4.79 Å². The fourth-order valence-electron chi connectivity index (χ4n) is 1.89. The van der Waals surface area contributed by atoms with Crippen LogP contribution < -0.4 is 4.74 Å². The maximum Gasteiger partial charge on any atom is 0.316 e. The lowest BCUT2D eigenvalue weighted by Crippen LogP contribution is -2.13. The van der Waals surface area contributed by atoms with Crippen molar-refractivity contribution in [2.45, 2.75) is 44.3 Å². The molecule has 124 valence electrons. The van der Waals surface area contributed by atoms with E-state index >= 15 is 0 Å². The summed E-state index contributed by atoms with van der Waals surface area (Å²) in [6.45, 7) is 6.37. The normalized spacial score (nSPS) is 12.2. The lowest BCUT2D eigenvalue weighted by molar-refractivity contribution is -0.136.